The van der Waals surface area contributed by atoms with Gasteiger partial charge in [-0.3, -0.25) is 0 Å². The first-order valence-corrected chi connectivity index (χ1v) is 4.57. The van der Waals surface area contributed by atoms with Gasteiger partial charge in [-0.25, -0.2) is 4.68 Å². The van der Waals surface area contributed by atoms with Crippen LogP contribution in [0.2, 0.25) is 0 Å². The zero-order valence-electron chi connectivity index (χ0n) is 8.74. The Bertz CT molecular complexity index is 467. The molecule has 0 aliphatic carbocycles. The van der Waals surface area contributed by atoms with Gasteiger partial charge in [0.1, 0.15) is 0 Å². The van der Waals surface area contributed by atoms with Crippen LogP contribution in [0.25, 0.3) is 0 Å². The number of hydrogen-bond acceptors (Lipinski definition) is 2. The standard InChI is InChI=1S/C9H8BrN3/c10-9-3-1-8(2-4-9)7-13-6-5-11-12-13/h1-6H,7H2/i5D,6D. The van der Waals surface area contributed by atoms with Gasteiger partial charge in [0.15, 0.2) is 0 Å². The minimum absolute atomic E-state index is 0.0397. The second-order valence-electron chi connectivity index (χ2n) is 2.60. The van der Waals surface area contributed by atoms with Crippen molar-refractivity contribution >= 4 is 15.9 Å². The molecule has 3 nitrogen and oxygen atoms in total. The maximum Gasteiger partial charge on any atom is 0.0877 e. The van der Waals surface area contributed by atoms with Gasteiger partial charge >= 0.3 is 0 Å². The van der Waals surface area contributed by atoms with E-state index in [0.29, 0.717) is 6.54 Å². The van der Waals surface area contributed by atoms with E-state index < -0.39 is 0 Å². The summed E-state index contributed by atoms with van der Waals surface area (Å²) >= 11 is 3.35. The van der Waals surface area contributed by atoms with Gasteiger partial charge in [0.2, 0.25) is 0 Å². The fourth-order valence-corrected chi connectivity index (χ4v) is 1.28. The van der Waals surface area contributed by atoms with Crippen molar-refractivity contribution < 1.29 is 2.74 Å². The van der Waals surface area contributed by atoms with Crippen LogP contribution in [0.1, 0.15) is 8.30 Å². The molecule has 0 bridgehead atoms. The molecule has 13 heavy (non-hydrogen) atoms. The van der Waals surface area contributed by atoms with Crippen molar-refractivity contribution in [3.8, 4) is 0 Å². The molecule has 2 rings (SSSR count). The summed E-state index contributed by atoms with van der Waals surface area (Å²) in [4.78, 5) is 0. The van der Waals surface area contributed by atoms with Crippen LogP contribution in [0.5, 0.6) is 0 Å². The number of benzene rings is 1. The van der Waals surface area contributed by atoms with Gasteiger partial charge in [0, 0.05) is 10.6 Å². The topological polar surface area (TPSA) is 30.7 Å². The molecular formula is C9H8BrN3. The molecule has 0 N–H and O–H groups in total. The quantitative estimate of drug-likeness (QED) is 0.804. The molecule has 0 atom stereocenters. The van der Waals surface area contributed by atoms with E-state index in [9.17, 15) is 0 Å². The number of rotatable bonds is 2. The van der Waals surface area contributed by atoms with E-state index in [1.807, 2.05) is 24.3 Å². The van der Waals surface area contributed by atoms with Crippen molar-refractivity contribution in [3.05, 3.63) is 46.6 Å². The van der Waals surface area contributed by atoms with Crippen LogP contribution >= 0.6 is 15.9 Å². The van der Waals surface area contributed by atoms with E-state index in [2.05, 4.69) is 26.2 Å². The highest BCUT2D eigenvalue weighted by Gasteiger charge is 1.94. The van der Waals surface area contributed by atoms with E-state index in [0.717, 1.165) is 10.0 Å². The van der Waals surface area contributed by atoms with Crippen molar-refractivity contribution in [2.45, 2.75) is 6.54 Å². The number of hydrogen-bond donors (Lipinski definition) is 0. The third-order valence-electron chi connectivity index (χ3n) is 1.63. The normalized spacial score (nSPS) is 12.4. The first-order valence-electron chi connectivity index (χ1n) is 4.78. The molecule has 0 amide bonds. The van der Waals surface area contributed by atoms with E-state index in [4.69, 9.17) is 2.74 Å². The molecule has 0 unspecified atom stereocenters. The van der Waals surface area contributed by atoms with Gasteiger partial charge < -0.3 is 0 Å². The highest BCUT2D eigenvalue weighted by atomic mass is 79.9. The zero-order valence-corrected chi connectivity index (χ0v) is 8.32. The summed E-state index contributed by atoms with van der Waals surface area (Å²) in [5.41, 5.74) is 1.02. The SMILES string of the molecule is [2H]c1nnn(Cc2ccc(Br)cc2)c1[2H]. The van der Waals surface area contributed by atoms with Gasteiger partial charge in [0.05, 0.1) is 15.5 Å². The summed E-state index contributed by atoms with van der Waals surface area (Å²) < 4.78 is 17.2. The predicted molar refractivity (Wildman–Crippen MR) is 53.3 cm³/mol. The number of nitrogens with zero attached hydrogens (tertiary/aromatic N) is 3. The lowest BCUT2D eigenvalue weighted by atomic mass is 10.2. The molecule has 1 aromatic heterocycles. The average molecular weight is 240 g/mol. The first-order chi connectivity index (χ1) is 7.16. The van der Waals surface area contributed by atoms with Crippen molar-refractivity contribution in [2.75, 3.05) is 0 Å². The van der Waals surface area contributed by atoms with Gasteiger partial charge in [-0.1, -0.05) is 33.3 Å². The summed E-state index contributed by atoms with van der Waals surface area (Å²) in [6.07, 6.45) is -0.0509. The van der Waals surface area contributed by atoms with Gasteiger partial charge in [-0.05, 0) is 17.7 Å². The lowest BCUT2D eigenvalue weighted by Crippen LogP contribution is -1.99. The maximum absolute atomic E-state index is 7.51. The van der Waals surface area contributed by atoms with Crippen LogP contribution in [0, 0.1) is 0 Å². The Morgan fingerprint density at radius 1 is 1.38 bits per heavy atom. The minimum atomic E-state index is -0.0906. The Hall–Kier alpha value is -1.16. The summed E-state index contributed by atoms with van der Waals surface area (Å²) in [6, 6.07) is 7.73. The molecule has 2 aromatic rings. The Balaban J connectivity index is 2.22. The van der Waals surface area contributed by atoms with E-state index in [1.54, 1.807) is 0 Å². The van der Waals surface area contributed by atoms with Gasteiger partial charge in [-0.2, -0.15) is 0 Å². The third-order valence-corrected chi connectivity index (χ3v) is 2.16. The van der Waals surface area contributed by atoms with Crippen LogP contribution < -0.4 is 0 Å². The lowest BCUT2D eigenvalue weighted by molar-refractivity contribution is 0.649. The van der Waals surface area contributed by atoms with Gasteiger partial charge in [-0.15, -0.1) is 5.10 Å². The fraction of sp³-hybridized carbons (Fsp3) is 0.111. The Labute approximate surface area is 87.3 Å². The highest BCUT2D eigenvalue weighted by molar-refractivity contribution is 9.10. The minimum Gasteiger partial charge on any atom is -0.248 e. The van der Waals surface area contributed by atoms with Crippen molar-refractivity contribution in [1.29, 1.82) is 0 Å². The summed E-state index contributed by atoms with van der Waals surface area (Å²) in [7, 11) is 0. The van der Waals surface area contributed by atoms with Gasteiger partial charge in [0.25, 0.3) is 0 Å². The average Bonchev–Trinajstić information content (AvgIpc) is 2.53. The molecule has 1 heterocycles. The molecule has 0 aliphatic rings. The third kappa shape index (κ3) is 2.15. The largest absolute Gasteiger partial charge is 0.248 e. The summed E-state index contributed by atoms with van der Waals surface area (Å²) in [5, 5.41) is 7.23. The molecule has 66 valence electrons. The molecule has 1 aromatic carbocycles. The van der Waals surface area contributed by atoms with Crippen molar-refractivity contribution in [3.63, 3.8) is 0 Å². The van der Waals surface area contributed by atoms with E-state index >= 15 is 0 Å². The van der Waals surface area contributed by atoms with Crippen molar-refractivity contribution in [1.82, 2.24) is 15.0 Å². The molecule has 0 saturated heterocycles. The smallest absolute Gasteiger partial charge is 0.0877 e. The number of halogens is 1. The molecule has 0 radical (unpaired) electrons. The maximum atomic E-state index is 7.51. The number of aromatic nitrogens is 3. The molecule has 4 heteroatoms. The Kier molecular flexibility index (Phi) is 1.80. The monoisotopic (exact) mass is 239 g/mol. The van der Waals surface area contributed by atoms with Crippen molar-refractivity contribution in [2.24, 2.45) is 0 Å². The molecule has 0 aliphatic heterocycles. The summed E-state index contributed by atoms with van der Waals surface area (Å²) in [5.74, 6) is 0. The van der Waals surface area contributed by atoms with Crippen LogP contribution in [-0.2, 0) is 6.54 Å². The van der Waals surface area contributed by atoms with Crippen LogP contribution in [0.3, 0.4) is 0 Å². The first kappa shape index (κ1) is 6.32. The Morgan fingerprint density at radius 2 is 2.15 bits per heavy atom. The molecular weight excluding hydrogens is 230 g/mol. The fourth-order valence-electron chi connectivity index (χ4n) is 1.01. The Morgan fingerprint density at radius 3 is 2.77 bits per heavy atom. The van der Waals surface area contributed by atoms with Crippen LogP contribution in [0.15, 0.2) is 41.1 Å². The zero-order chi connectivity index (χ0) is 10.8. The predicted octanol–water partition coefficient (Wildman–Crippen LogP) is 2.09. The summed E-state index contributed by atoms with van der Waals surface area (Å²) in [6.45, 7) is 0.470. The molecule has 0 fully saturated rings. The van der Waals surface area contributed by atoms with Crippen LogP contribution in [0.4, 0.5) is 0 Å². The molecule has 0 saturated carbocycles. The van der Waals surface area contributed by atoms with E-state index in [-0.39, 0.29) is 12.3 Å². The highest BCUT2D eigenvalue weighted by Crippen LogP contribution is 2.10. The second-order valence-corrected chi connectivity index (χ2v) is 3.51. The lowest BCUT2D eigenvalue weighted by Gasteiger charge is -2.00. The second kappa shape index (κ2) is 3.70. The van der Waals surface area contributed by atoms with E-state index in [1.165, 1.54) is 4.68 Å². The molecule has 0 spiro atoms. The van der Waals surface area contributed by atoms with Crippen LogP contribution in [-0.4, -0.2) is 15.0 Å².